The molecule has 0 amide bonds. The van der Waals surface area contributed by atoms with Crippen molar-refractivity contribution in [1.29, 1.82) is 0 Å². The lowest BCUT2D eigenvalue weighted by Crippen LogP contribution is -2.31. The summed E-state index contributed by atoms with van der Waals surface area (Å²) in [6, 6.07) is 6.76. The molecule has 0 fully saturated rings. The van der Waals surface area contributed by atoms with Crippen molar-refractivity contribution in [3.63, 3.8) is 0 Å². The van der Waals surface area contributed by atoms with Crippen molar-refractivity contribution in [3.05, 3.63) is 29.8 Å². The zero-order valence-electron chi connectivity index (χ0n) is 11.1. The van der Waals surface area contributed by atoms with E-state index >= 15 is 0 Å². The highest BCUT2D eigenvalue weighted by atomic mass is 16.6. The van der Waals surface area contributed by atoms with Crippen LogP contribution in [-0.2, 0) is 14.3 Å². The standard InChI is InChI=1S/C14H20O4/c1-4-17-13(14(16)18-5-2)10(3)11-6-8-12(15)9-7-11/h6-10,13,15H,4-5H2,1-3H3. The molecule has 1 aromatic rings. The Balaban J connectivity index is 2.84. The number of phenols is 1. The molecule has 0 saturated heterocycles. The molecule has 0 bridgehead atoms. The summed E-state index contributed by atoms with van der Waals surface area (Å²) in [7, 11) is 0. The summed E-state index contributed by atoms with van der Waals surface area (Å²) in [6.45, 7) is 6.31. The van der Waals surface area contributed by atoms with E-state index in [0.717, 1.165) is 5.56 Å². The van der Waals surface area contributed by atoms with Gasteiger partial charge in [-0.1, -0.05) is 19.1 Å². The highest BCUT2D eigenvalue weighted by Gasteiger charge is 2.28. The maximum Gasteiger partial charge on any atom is 0.335 e. The molecule has 1 aromatic carbocycles. The molecule has 0 aliphatic heterocycles. The van der Waals surface area contributed by atoms with Crippen molar-refractivity contribution >= 4 is 5.97 Å². The van der Waals surface area contributed by atoms with Crippen LogP contribution < -0.4 is 0 Å². The van der Waals surface area contributed by atoms with Gasteiger partial charge >= 0.3 is 5.97 Å². The molecule has 0 aliphatic carbocycles. The van der Waals surface area contributed by atoms with E-state index in [0.29, 0.717) is 13.2 Å². The Morgan fingerprint density at radius 3 is 2.33 bits per heavy atom. The Kier molecular flexibility index (Phi) is 5.65. The number of hydrogen-bond donors (Lipinski definition) is 1. The minimum absolute atomic E-state index is 0.121. The summed E-state index contributed by atoms with van der Waals surface area (Å²) in [5.41, 5.74) is 0.930. The van der Waals surface area contributed by atoms with Crippen LogP contribution in [-0.4, -0.2) is 30.4 Å². The van der Waals surface area contributed by atoms with E-state index in [2.05, 4.69) is 0 Å². The van der Waals surface area contributed by atoms with Gasteiger partial charge in [0.15, 0.2) is 6.10 Å². The summed E-state index contributed by atoms with van der Waals surface area (Å²) < 4.78 is 10.5. The Morgan fingerprint density at radius 1 is 1.22 bits per heavy atom. The van der Waals surface area contributed by atoms with E-state index in [9.17, 15) is 9.90 Å². The molecule has 4 heteroatoms. The topological polar surface area (TPSA) is 55.8 Å². The Morgan fingerprint density at radius 2 is 1.83 bits per heavy atom. The molecule has 0 radical (unpaired) electrons. The van der Waals surface area contributed by atoms with Crippen molar-refractivity contribution in [1.82, 2.24) is 0 Å². The van der Waals surface area contributed by atoms with Gasteiger partial charge in [0.05, 0.1) is 6.61 Å². The van der Waals surface area contributed by atoms with Crippen LogP contribution in [0.5, 0.6) is 5.75 Å². The first-order valence-electron chi connectivity index (χ1n) is 6.17. The van der Waals surface area contributed by atoms with E-state index in [1.54, 1.807) is 31.2 Å². The molecule has 2 atom stereocenters. The van der Waals surface area contributed by atoms with E-state index in [4.69, 9.17) is 9.47 Å². The summed E-state index contributed by atoms with van der Waals surface area (Å²) in [5, 5.41) is 9.25. The summed E-state index contributed by atoms with van der Waals surface area (Å²) in [5.74, 6) is -0.264. The van der Waals surface area contributed by atoms with Gasteiger partial charge in [0, 0.05) is 12.5 Å². The Bertz CT molecular complexity index is 372. The zero-order valence-corrected chi connectivity index (χ0v) is 11.1. The van der Waals surface area contributed by atoms with Gasteiger partial charge in [0.25, 0.3) is 0 Å². The normalized spacial score (nSPS) is 13.9. The van der Waals surface area contributed by atoms with Gasteiger partial charge in [0.2, 0.25) is 0 Å². The number of phenolic OH excluding ortho intramolecular Hbond substituents is 1. The van der Waals surface area contributed by atoms with E-state index in [-0.39, 0.29) is 17.6 Å². The van der Waals surface area contributed by atoms with Crippen molar-refractivity contribution in [3.8, 4) is 5.75 Å². The van der Waals surface area contributed by atoms with Crippen LogP contribution in [0.1, 0.15) is 32.3 Å². The fraction of sp³-hybridized carbons (Fsp3) is 0.500. The van der Waals surface area contributed by atoms with Crippen LogP contribution >= 0.6 is 0 Å². The molecule has 0 heterocycles. The second kappa shape index (κ2) is 7.01. The van der Waals surface area contributed by atoms with E-state index in [1.807, 2.05) is 13.8 Å². The number of hydrogen-bond acceptors (Lipinski definition) is 4. The lowest BCUT2D eigenvalue weighted by molar-refractivity contribution is -0.157. The maximum atomic E-state index is 11.8. The van der Waals surface area contributed by atoms with Gasteiger partial charge in [-0.05, 0) is 31.5 Å². The third-order valence-corrected chi connectivity index (χ3v) is 2.74. The fourth-order valence-electron chi connectivity index (χ4n) is 1.77. The molecular weight excluding hydrogens is 232 g/mol. The van der Waals surface area contributed by atoms with Gasteiger partial charge in [-0.2, -0.15) is 0 Å². The molecular formula is C14H20O4. The number of ether oxygens (including phenoxy) is 2. The smallest absolute Gasteiger partial charge is 0.335 e. The minimum Gasteiger partial charge on any atom is -0.508 e. The fourth-order valence-corrected chi connectivity index (χ4v) is 1.77. The van der Waals surface area contributed by atoms with Gasteiger partial charge in [-0.15, -0.1) is 0 Å². The van der Waals surface area contributed by atoms with E-state index < -0.39 is 6.10 Å². The van der Waals surface area contributed by atoms with Crippen LogP contribution in [0.2, 0.25) is 0 Å². The second-order valence-corrected chi connectivity index (χ2v) is 4.01. The minimum atomic E-state index is -0.612. The molecule has 0 aromatic heterocycles. The van der Waals surface area contributed by atoms with Gasteiger partial charge in [0.1, 0.15) is 5.75 Å². The first kappa shape index (κ1) is 14.5. The quantitative estimate of drug-likeness (QED) is 0.790. The average molecular weight is 252 g/mol. The summed E-state index contributed by atoms with van der Waals surface area (Å²) in [6.07, 6.45) is -0.612. The van der Waals surface area contributed by atoms with Crippen LogP contribution in [0.25, 0.3) is 0 Å². The third kappa shape index (κ3) is 3.74. The zero-order chi connectivity index (χ0) is 13.5. The van der Waals surface area contributed by atoms with Gasteiger partial charge in [-0.25, -0.2) is 4.79 Å². The highest BCUT2D eigenvalue weighted by Crippen LogP contribution is 2.24. The van der Waals surface area contributed by atoms with Crippen molar-refractivity contribution < 1.29 is 19.4 Å². The third-order valence-electron chi connectivity index (χ3n) is 2.74. The molecule has 2 unspecified atom stereocenters. The van der Waals surface area contributed by atoms with Gasteiger partial charge < -0.3 is 14.6 Å². The largest absolute Gasteiger partial charge is 0.508 e. The predicted molar refractivity (Wildman–Crippen MR) is 68.6 cm³/mol. The molecule has 1 rings (SSSR count). The first-order chi connectivity index (χ1) is 8.60. The second-order valence-electron chi connectivity index (χ2n) is 4.01. The van der Waals surface area contributed by atoms with E-state index in [1.165, 1.54) is 0 Å². The van der Waals surface area contributed by atoms with Crippen molar-refractivity contribution in [2.75, 3.05) is 13.2 Å². The van der Waals surface area contributed by atoms with Crippen LogP contribution in [0.15, 0.2) is 24.3 Å². The molecule has 0 saturated carbocycles. The molecule has 0 spiro atoms. The lowest BCUT2D eigenvalue weighted by Gasteiger charge is -2.22. The van der Waals surface area contributed by atoms with Crippen LogP contribution in [0.3, 0.4) is 0 Å². The molecule has 18 heavy (non-hydrogen) atoms. The molecule has 1 N–H and O–H groups in total. The number of esters is 1. The predicted octanol–water partition coefficient (Wildman–Crippen LogP) is 2.46. The molecule has 4 nitrogen and oxygen atoms in total. The van der Waals surface area contributed by atoms with Crippen molar-refractivity contribution in [2.24, 2.45) is 0 Å². The lowest BCUT2D eigenvalue weighted by atomic mass is 9.95. The Labute approximate surface area is 108 Å². The monoisotopic (exact) mass is 252 g/mol. The highest BCUT2D eigenvalue weighted by molar-refractivity contribution is 5.76. The Hall–Kier alpha value is -1.55. The number of aromatic hydroxyl groups is 1. The molecule has 100 valence electrons. The van der Waals surface area contributed by atoms with Crippen LogP contribution in [0, 0.1) is 0 Å². The molecule has 0 aliphatic rings. The first-order valence-corrected chi connectivity index (χ1v) is 6.17. The van der Waals surface area contributed by atoms with Gasteiger partial charge in [-0.3, -0.25) is 0 Å². The summed E-state index contributed by atoms with van der Waals surface area (Å²) >= 11 is 0. The maximum absolute atomic E-state index is 11.8. The number of rotatable bonds is 6. The average Bonchev–Trinajstić information content (AvgIpc) is 2.36. The number of carbonyl (C=O) groups is 1. The SMILES string of the molecule is CCOC(=O)C(OCC)C(C)c1ccc(O)cc1. The number of carbonyl (C=O) groups excluding carboxylic acids is 1. The van der Waals surface area contributed by atoms with Crippen molar-refractivity contribution in [2.45, 2.75) is 32.8 Å². The number of benzene rings is 1. The van der Waals surface area contributed by atoms with Crippen LogP contribution in [0.4, 0.5) is 0 Å². The summed E-state index contributed by atoms with van der Waals surface area (Å²) in [4.78, 5) is 11.8.